The molecule has 2 rings (SSSR count). The number of hydrogen-bond acceptors (Lipinski definition) is 7. The molecular weight excluding hydrogens is 458 g/mol. The zero-order chi connectivity index (χ0) is 22.1. The van der Waals surface area contributed by atoms with Crippen LogP contribution < -0.4 is 14.8 Å². The molecule has 30 heavy (non-hydrogen) atoms. The van der Waals surface area contributed by atoms with E-state index in [4.69, 9.17) is 14.2 Å². The van der Waals surface area contributed by atoms with Crippen molar-refractivity contribution >= 4 is 39.5 Å². The molecular formula is C21H22BrNO7. The largest absolute Gasteiger partial charge is 0.493 e. The van der Waals surface area contributed by atoms with Crippen LogP contribution in [-0.2, 0) is 14.3 Å². The lowest BCUT2D eigenvalue weighted by Gasteiger charge is -2.13. The summed E-state index contributed by atoms with van der Waals surface area (Å²) in [6, 6.07) is 9.14. The summed E-state index contributed by atoms with van der Waals surface area (Å²) in [5.41, 5.74) is 1.01. The number of carbonyl (C=O) groups is 3. The van der Waals surface area contributed by atoms with Gasteiger partial charge in [-0.1, -0.05) is 6.92 Å². The zero-order valence-electron chi connectivity index (χ0n) is 16.8. The van der Waals surface area contributed by atoms with Gasteiger partial charge in [-0.25, -0.2) is 9.59 Å². The van der Waals surface area contributed by atoms with E-state index in [0.29, 0.717) is 33.8 Å². The third-order valence-electron chi connectivity index (χ3n) is 3.84. The maximum absolute atomic E-state index is 12.3. The van der Waals surface area contributed by atoms with E-state index in [1.54, 1.807) is 18.2 Å². The van der Waals surface area contributed by atoms with E-state index in [1.807, 2.05) is 6.92 Å². The number of halogens is 1. The highest BCUT2D eigenvalue weighted by molar-refractivity contribution is 9.10. The number of anilines is 1. The van der Waals surface area contributed by atoms with Crippen LogP contribution in [-0.4, -0.2) is 45.3 Å². The first kappa shape index (κ1) is 23.2. The van der Waals surface area contributed by atoms with E-state index in [1.165, 1.54) is 32.4 Å². The molecule has 0 unspecified atom stereocenters. The molecule has 8 nitrogen and oxygen atoms in total. The Morgan fingerprint density at radius 3 is 2.30 bits per heavy atom. The fourth-order valence-corrected chi connectivity index (χ4v) is 2.96. The minimum atomic E-state index is -0.688. The molecule has 0 fully saturated rings. The Kier molecular flexibility index (Phi) is 8.67. The molecule has 2 aromatic carbocycles. The van der Waals surface area contributed by atoms with E-state index in [0.717, 1.165) is 6.42 Å². The van der Waals surface area contributed by atoms with E-state index < -0.39 is 24.5 Å². The number of rotatable bonds is 9. The maximum atomic E-state index is 12.3. The second kappa shape index (κ2) is 11.2. The lowest BCUT2D eigenvalue weighted by atomic mass is 10.2. The Bertz CT molecular complexity index is 912. The van der Waals surface area contributed by atoms with Gasteiger partial charge in [0.05, 0.1) is 36.4 Å². The number of ether oxygens (including phenoxy) is 4. The maximum Gasteiger partial charge on any atom is 0.338 e. The molecule has 0 aliphatic rings. The van der Waals surface area contributed by atoms with Gasteiger partial charge in [-0.2, -0.15) is 0 Å². The second-order valence-corrected chi connectivity index (χ2v) is 6.89. The van der Waals surface area contributed by atoms with Crippen LogP contribution in [0.2, 0.25) is 0 Å². The summed E-state index contributed by atoms with van der Waals surface area (Å²) in [7, 11) is 2.75. The van der Waals surface area contributed by atoms with Crippen molar-refractivity contribution in [3.63, 3.8) is 0 Å². The Labute approximate surface area is 182 Å². The van der Waals surface area contributed by atoms with Crippen molar-refractivity contribution < 1.29 is 33.3 Å². The number of methoxy groups -OCH3 is 2. The van der Waals surface area contributed by atoms with Crippen LogP contribution in [0.25, 0.3) is 0 Å². The summed E-state index contributed by atoms with van der Waals surface area (Å²) in [5.74, 6) is -0.825. The molecule has 0 bridgehead atoms. The molecule has 9 heteroatoms. The molecule has 1 N–H and O–H groups in total. The molecule has 0 saturated carbocycles. The van der Waals surface area contributed by atoms with Crippen LogP contribution in [0, 0.1) is 0 Å². The van der Waals surface area contributed by atoms with Crippen LogP contribution >= 0.6 is 15.9 Å². The van der Waals surface area contributed by atoms with E-state index in [-0.39, 0.29) is 5.56 Å². The van der Waals surface area contributed by atoms with Crippen LogP contribution in [0.5, 0.6) is 11.5 Å². The van der Waals surface area contributed by atoms with Gasteiger partial charge in [-0.3, -0.25) is 4.79 Å². The fraction of sp³-hybridized carbons (Fsp3) is 0.286. The predicted molar refractivity (Wildman–Crippen MR) is 113 cm³/mol. The molecule has 1 amide bonds. The highest BCUT2D eigenvalue weighted by atomic mass is 79.9. The number of hydrogen-bond donors (Lipinski definition) is 1. The highest BCUT2D eigenvalue weighted by Crippen LogP contribution is 2.37. The summed E-state index contributed by atoms with van der Waals surface area (Å²) in [6.45, 7) is 2.00. The summed E-state index contributed by atoms with van der Waals surface area (Å²) in [4.78, 5) is 35.8. The smallest absolute Gasteiger partial charge is 0.338 e. The molecule has 0 aliphatic heterocycles. The van der Waals surface area contributed by atoms with E-state index in [9.17, 15) is 14.4 Å². The summed E-state index contributed by atoms with van der Waals surface area (Å²) < 4.78 is 21.1. The Balaban J connectivity index is 1.97. The quantitative estimate of drug-likeness (QED) is 0.545. The first-order chi connectivity index (χ1) is 14.4. The van der Waals surface area contributed by atoms with Crippen molar-refractivity contribution in [3.05, 3.63) is 52.0 Å². The Morgan fingerprint density at radius 2 is 1.70 bits per heavy atom. The number of amides is 1. The van der Waals surface area contributed by atoms with Gasteiger partial charge in [0.25, 0.3) is 5.91 Å². The van der Waals surface area contributed by atoms with Crippen molar-refractivity contribution in [2.75, 3.05) is 32.8 Å². The summed E-state index contributed by atoms with van der Waals surface area (Å²) in [6.07, 6.45) is 0.819. The Morgan fingerprint density at radius 1 is 1.00 bits per heavy atom. The number of nitrogens with one attached hydrogen (secondary N) is 1. The van der Waals surface area contributed by atoms with E-state index in [2.05, 4.69) is 26.0 Å². The predicted octanol–water partition coefficient (Wildman–Crippen LogP) is 3.83. The van der Waals surface area contributed by atoms with Crippen molar-refractivity contribution in [2.45, 2.75) is 13.3 Å². The standard InChI is InChI=1S/C21H22BrNO7/c1-4-9-29-19-16(22)10-14(11-17(19)27-2)21(26)30-12-18(24)23-15-7-5-13(6-8-15)20(25)28-3/h5-8,10-11H,4,9,12H2,1-3H3,(H,23,24). The molecule has 0 aliphatic carbocycles. The van der Waals surface area contributed by atoms with Crippen LogP contribution in [0.15, 0.2) is 40.9 Å². The number of benzene rings is 2. The van der Waals surface area contributed by atoms with Gasteiger partial charge in [-0.05, 0) is 58.7 Å². The average molecular weight is 480 g/mol. The van der Waals surface area contributed by atoms with Gasteiger partial charge < -0.3 is 24.3 Å². The van der Waals surface area contributed by atoms with Crippen molar-refractivity contribution in [2.24, 2.45) is 0 Å². The molecule has 0 heterocycles. The van der Waals surface area contributed by atoms with Crippen molar-refractivity contribution in [3.8, 4) is 11.5 Å². The second-order valence-electron chi connectivity index (χ2n) is 6.03. The highest BCUT2D eigenvalue weighted by Gasteiger charge is 2.17. The molecule has 0 saturated heterocycles. The lowest BCUT2D eigenvalue weighted by molar-refractivity contribution is -0.119. The van der Waals surface area contributed by atoms with Gasteiger partial charge in [0.15, 0.2) is 18.1 Å². The third-order valence-corrected chi connectivity index (χ3v) is 4.43. The summed E-state index contributed by atoms with van der Waals surface area (Å²) >= 11 is 3.36. The molecule has 0 spiro atoms. The minimum Gasteiger partial charge on any atom is -0.493 e. The summed E-state index contributed by atoms with van der Waals surface area (Å²) in [5, 5.41) is 2.58. The molecule has 2 aromatic rings. The average Bonchev–Trinajstić information content (AvgIpc) is 2.76. The van der Waals surface area contributed by atoms with Crippen molar-refractivity contribution in [1.29, 1.82) is 0 Å². The molecule has 0 atom stereocenters. The first-order valence-corrected chi connectivity index (χ1v) is 9.84. The minimum absolute atomic E-state index is 0.206. The fourth-order valence-electron chi connectivity index (χ4n) is 2.40. The zero-order valence-corrected chi connectivity index (χ0v) is 18.4. The van der Waals surface area contributed by atoms with Crippen LogP contribution in [0.3, 0.4) is 0 Å². The Hall–Kier alpha value is -3.07. The molecule has 160 valence electrons. The monoisotopic (exact) mass is 479 g/mol. The van der Waals surface area contributed by atoms with Gasteiger partial charge in [-0.15, -0.1) is 0 Å². The topological polar surface area (TPSA) is 100 Å². The number of esters is 2. The first-order valence-electron chi connectivity index (χ1n) is 9.05. The van der Waals surface area contributed by atoms with Crippen LogP contribution in [0.1, 0.15) is 34.1 Å². The van der Waals surface area contributed by atoms with Gasteiger partial charge in [0.1, 0.15) is 0 Å². The van der Waals surface area contributed by atoms with Gasteiger partial charge in [0, 0.05) is 5.69 Å². The molecule has 0 radical (unpaired) electrons. The third kappa shape index (κ3) is 6.21. The van der Waals surface area contributed by atoms with Gasteiger partial charge in [0.2, 0.25) is 0 Å². The number of carbonyl (C=O) groups excluding carboxylic acids is 3. The van der Waals surface area contributed by atoms with E-state index >= 15 is 0 Å². The SMILES string of the molecule is CCCOc1c(Br)cc(C(=O)OCC(=O)Nc2ccc(C(=O)OC)cc2)cc1OC. The van der Waals surface area contributed by atoms with Gasteiger partial charge >= 0.3 is 11.9 Å². The lowest BCUT2D eigenvalue weighted by Crippen LogP contribution is -2.21. The normalized spacial score (nSPS) is 10.1. The molecule has 0 aromatic heterocycles. The van der Waals surface area contributed by atoms with Crippen LogP contribution in [0.4, 0.5) is 5.69 Å². The van der Waals surface area contributed by atoms with Crippen molar-refractivity contribution in [1.82, 2.24) is 0 Å².